The second-order valence-corrected chi connectivity index (χ2v) is 13.7. The maximum absolute atomic E-state index is 13.7. The van der Waals surface area contributed by atoms with E-state index in [1.54, 1.807) is 24.3 Å². The number of carbonyl (C=O) groups is 2. The zero-order valence-electron chi connectivity index (χ0n) is 26.6. The van der Waals surface area contributed by atoms with Crippen LogP contribution in [-0.4, -0.2) is 31.9 Å². The van der Waals surface area contributed by atoms with Crippen LogP contribution in [0.1, 0.15) is 33.9 Å². The van der Waals surface area contributed by atoms with E-state index < -0.39 is 28.4 Å². The van der Waals surface area contributed by atoms with E-state index >= 15 is 0 Å². The lowest BCUT2D eigenvalue weighted by Gasteiger charge is -2.22. The Morgan fingerprint density at radius 2 is 1.60 bits per heavy atom. The molecular formula is C38H28N4O6S2. The van der Waals surface area contributed by atoms with Crippen LogP contribution in [0.5, 0.6) is 5.75 Å². The first-order valence-electron chi connectivity index (χ1n) is 15.5. The van der Waals surface area contributed by atoms with Gasteiger partial charge in [0.25, 0.3) is 11.5 Å². The van der Waals surface area contributed by atoms with Crippen molar-refractivity contribution < 1.29 is 24.4 Å². The van der Waals surface area contributed by atoms with Gasteiger partial charge in [0.05, 0.1) is 16.5 Å². The van der Waals surface area contributed by atoms with Gasteiger partial charge in [-0.3, -0.25) is 24.6 Å². The fraction of sp³-hybridized carbons (Fsp3) is 0.105. The van der Waals surface area contributed by atoms with Gasteiger partial charge in [-0.15, -0.1) is 10.2 Å². The Bertz CT molecular complexity index is 2280. The van der Waals surface area contributed by atoms with Crippen molar-refractivity contribution in [3.05, 3.63) is 159 Å². The molecule has 50 heavy (non-hydrogen) atoms. The highest BCUT2D eigenvalue weighted by molar-refractivity contribution is 8.00. The topological polar surface area (TPSA) is 136 Å². The van der Waals surface area contributed by atoms with E-state index in [1.165, 1.54) is 40.9 Å². The number of aliphatic hydroxyl groups is 1. The number of amides is 1. The number of benzene rings is 5. The van der Waals surface area contributed by atoms with Crippen molar-refractivity contribution in [3.63, 3.8) is 0 Å². The van der Waals surface area contributed by atoms with Crippen molar-refractivity contribution in [2.45, 2.75) is 29.7 Å². The summed E-state index contributed by atoms with van der Waals surface area (Å²) in [6.07, 6.45) is 0. The second kappa shape index (κ2) is 13.9. The van der Waals surface area contributed by atoms with Crippen LogP contribution in [0.2, 0.25) is 0 Å². The number of hydrogen-bond acceptors (Lipinski definition) is 10. The van der Waals surface area contributed by atoms with Gasteiger partial charge < -0.3 is 9.84 Å². The zero-order chi connectivity index (χ0) is 34.8. The third-order valence-electron chi connectivity index (χ3n) is 8.48. The molecule has 248 valence electrons. The van der Waals surface area contributed by atoms with E-state index in [9.17, 15) is 24.8 Å². The predicted octanol–water partition coefficient (Wildman–Crippen LogP) is 8.41. The molecule has 1 fully saturated rings. The van der Waals surface area contributed by atoms with Crippen LogP contribution in [0.3, 0.4) is 0 Å². The standard InChI is InChI=1S/C38H28N4O6S2/c1-23-7-2-3-9-27(23)21-48-30-19-15-26(16-20-30)34(43)32-33(25-13-17-29(18-14-25)42(46)47)41(36(45)35(32)44)37-39-40-38(50-37)49-22-28-11-6-10-24-8-4-5-12-31(24)28/h2-20,33,43H,21-22H2,1H3. The van der Waals surface area contributed by atoms with Gasteiger partial charge in [0, 0.05) is 23.4 Å². The van der Waals surface area contributed by atoms with E-state index in [4.69, 9.17) is 4.74 Å². The Hall–Kier alpha value is -5.85. The van der Waals surface area contributed by atoms with Gasteiger partial charge in [-0.25, -0.2) is 0 Å². The number of hydrogen-bond donors (Lipinski definition) is 1. The number of aliphatic hydroxyl groups excluding tert-OH is 1. The molecule has 0 radical (unpaired) electrons. The van der Waals surface area contributed by atoms with Crippen molar-refractivity contribution in [1.29, 1.82) is 0 Å². The van der Waals surface area contributed by atoms with Crippen LogP contribution in [-0.2, 0) is 21.9 Å². The van der Waals surface area contributed by atoms with Gasteiger partial charge in [-0.2, -0.15) is 0 Å². The summed E-state index contributed by atoms with van der Waals surface area (Å²) in [7, 11) is 0. The first-order chi connectivity index (χ1) is 24.3. The number of nitro groups is 1. The number of aromatic nitrogens is 2. The van der Waals surface area contributed by atoms with Crippen LogP contribution < -0.4 is 9.64 Å². The molecule has 10 nitrogen and oxygen atoms in total. The number of carbonyl (C=O) groups excluding carboxylic acids is 2. The van der Waals surface area contributed by atoms with E-state index in [0.29, 0.717) is 33.6 Å². The van der Waals surface area contributed by atoms with E-state index in [1.807, 2.05) is 55.5 Å². The Morgan fingerprint density at radius 1 is 0.900 bits per heavy atom. The van der Waals surface area contributed by atoms with Crippen LogP contribution in [0, 0.1) is 17.0 Å². The highest BCUT2D eigenvalue weighted by Gasteiger charge is 2.48. The van der Waals surface area contributed by atoms with Crippen molar-refractivity contribution >= 4 is 62.1 Å². The summed E-state index contributed by atoms with van der Waals surface area (Å²) in [4.78, 5) is 39.4. The third kappa shape index (κ3) is 6.46. The van der Waals surface area contributed by atoms with Crippen molar-refractivity contribution in [1.82, 2.24) is 10.2 Å². The van der Waals surface area contributed by atoms with Gasteiger partial charge >= 0.3 is 5.91 Å². The summed E-state index contributed by atoms with van der Waals surface area (Å²) < 4.78 is 6.52. The normalized spacial score (nSPS) is 15.5. The smallest absolute Gasteiger partial charge is 0.301 e. The molecule has 5 aromatic carbocycles. The summed E-state index contributed by atoms with van der Waals surface area (Å²) in [6.45, 7) is 2.36. The highest BCUT2D eigenvalue weighted by Crippen LogP contribution is 2.44. The molecule has 1 aliphatic rings. The lowest BCUT2D eigenvalue weighted by atomic mass is 9.95. The molecule has 12 heteroatoms. The number of ketones is 1. The molecule has 1 saturated heterocycles. The predicted molar refractivity (Wildman–Crippen MR) is 193 cm³/mol. The van der Waals surface area contributed by atoms with Crippen LogP contribution in [0.4, 0.5) is 10.8 Å². The molecule has 1 aromatic heterocycles. The molecule has 2 heterocycles. The first kappa shape index (κ1) is 32.7. The molecule has 6 aromatic rings. The number of nitrogens with zero attached hydrogens (tertiary/aromatic N) is 4. The molecule has 1 N–H and O–H groups in total. The Balaban J connectivity index is 1.20. The fourth-order valence-electron chi connectivity index (χ4n) is 5.84. The molecule has 1 atom stereocenters. The molecule has 0 aliphatic carbocycles. The molecule has 7 rings (SSSR count). The fourth-order valence-corrected chi connectivity index (χ4v) is 7.71. The summed E-state index contributed by atoms with van der Waals surface area (Å²) >= 11 is 2.60. The van der Waals surface area contributed by atoms with E-state index in [0.717, 1.165) is 38.8 Å². The number of non-ortho nitro benzene ring substituents is 1. The van der Waals surface area contributed by atoms with Gasteiger partial charge in [0.2, 0.25) is 5.13 Å². The number of ether oxygens (including phenoxy) is 1. The molecule has 1 amide bonds. The van der Waals surface area contributed by atoms with Gasteiger partial charge in [-0.1, -0.05) is 89.8 Å². The van der Waals surface area contributed by atoms with Crippen LogP contribution >= 0.6 is 23.1 Å². The molecular weight excluding hydrogens is 673 g/mol. The van der Waals surface area contributed by atoms with Crippen LogP contribution in [0.15, 0.2) is 125 Å². The number of nitro benzene ring substituents is 1. The number of aryl methyl sites for hydroxylation is 1. The Morgan fingerprint density at radius 3 is 2.36 bits per heavy atom. The Kier molecular flexibility index (Phi) is 9.11. The number of thioether (sulfide) groups is 1. The second-order valence-electron chi connectivity index (χ2n) is 11.5. The number of anilines is 1. The number of Topliss-reactive ketones (excluding diaryl/α,β-unsaturated/α-hetero) is 1. The molecule has 1 unspecified atom stereocenters. The quantitative estimate of drug-likeness (QED) is 0.0284. The minimum Gasteiger partial charge on any atom is -0.507 e. The summed E-state index contributed by atoms with van der Waals surface area (Å²) in [5.41, 5.74) is 3.60. The number of rotatable bonds is 10. The maximum atomic E-state index is 13.7. The lowest BCUT2D eigenvalue weighted by Crippen LogP contribution is -2.29. The first-order valence-corrected chi connectivity index (χ1v) is 17.3. The summed E-state index contributed by atoms with van der Waals surface area (Å²) in [5, 5.41) is 34.0. The maximum Gasteiger partial charge on any atom is 0.301 e. The zero-order valence-corrected chi connectivity index (χ0v) is 28.2. The van der Waals surface area contributed by atoms with Crippen LogP contribution in [0.25, 0.3) is 16.5 Å². The van der Waals surface area contributed by atoms with Gasteiger partial charge in [0.15, 0.2) is 4.34 Å². The Labute approximate surface area is 294 Å². The van der Waals surface area contributed by atoms with Gasteiger partial charge in [0.1, 0.15) is 18.1 Å². The largest absolute Gasteiger partial charge is 0.507 e. The third-order valence-corrected chi connectivity index (χ3v) is 10.6. The average molecular weight is 701 g/mol. The monoisotopic (exact) mass is 700 g/mol. The molecule has 1 aliphatic heterocycles. The van der Waals surface area contributed by atoms with Crippen molar-refractivity contribution in [2.75, 3.05) is 4.90 Å². The molecule has 0 spiro atoms. The summed E-state index contributed by atoms with van der Waals surface area (Å²) in [5.74, 6) is -1.04. The minimum atomic E-state index is -1.11. The summed E-state index contributed by atoms with van der Waals surface area (Å²) in [6, 6.07) is 33.1. The number of fused-ring (bicyclic) bond motifs is 1. The average Bonchev–Trinajstić information content (AvgIpc) is 3.71. The van der Waals surface area contributed by atoms with E-state index in [2.05, 4.69) is 28.4 Å². The highest BCUT2D eigenvalue weighted by atomic mass is 32.2. The van der Waals surface area contributed by atoms with Crippen molar-refractivity contribution in [3.8, 4) is 5.75 Å². The minimum absolute atomic E-state index is 0.157. The SMILES string of the molecule is Cc1ccccc1COc1ccc(C(O)=C2C(=O)C(=O)N(c3nnc(SCc4cccc5ccccc45)s3)C2c2ccc([N+](=O)[O-])cc2)cc1. The molecule has 0 bridgehead atoms. The lowest BCUT2D eigenvalue weighted by molar-refractivity contribution is -0.384. The molecule has 0 saturated carbocycles. The van der Waals surface area contributed by atoms with E-state index in [-0.39, 0.29) is 16.4 Å². The van der Waals surface area contributed by atoms with Gasteiger partial charge in [-0.05, 0) is 76.3 Å². The van der Waals surface area contributed by atoms with Crippen molar-refractivity contribution in [2.24, 2.45) is 0 Å².